The summed E-state index contributed by atoms with van der Waals surface area (Å²) in [5, 5.41) is 3.39. The molecular weight excluding hydrogens is 166 g/mol. The van der Waals surface area contributed by atoms with Gasteiger partial charge in [0.2, 0.25) is 0 Å². The van der Waals surface area contributed by atoms with Crippen LogP contribution in [0.1, 0.15) is 26.7 Å². The van der Waals surface area contributed by atoms with Crippen LogP contribution in [0.25, 0.3) is 0 Å². The van der Waals surface area contributed by atoms with E-state index >= 15 is 0 Å². The molecule has 0 aromatic carbocycles. The van der Waals surface area contributed by atoms with Crippen LogP contribution in [-0.4, -0.2) is 24.1 Å². The molecule has 0 atom stereocenters. The molecule has 0 saturated carbocycles. The first kappa shape index (κ1) is 12.0. The number of rotatable bonds is 7. The first-order valence-electron chi connectivity index (χ1n) is 4.61. The molecule has 0 saturated heterocycles. The van der Waals surface area contributed by atoms with Gasteiger partial charge in [0.25, 0.3) is 0 Å². The molecule has 2 heteroatoms. The SMILES string of the molecule is C=CCNCC(CC)(CC)SC. The van der Waals surface area contributed by atoms with Crippen LogP contribution in [0.3, 0.4) is 0 Å². The number of thioether (sulfide) groups is 1. The van der Waals surface area contributed by atoms with Crippen LogP contribution in [0.4, 0.5) is 0 Å². The Morgan fingerprint density at radius 2 is 2.00 bits per heavy atom. The van der Waals surface area contributed by atoms with Gasteiger partial charge in [-0.05, 0) is 19.1 Å². The monoisotopic (exact) mass is 187 g/mol. The van der Waals surface area contributed by atoms with Crippen LogP contribution < -0.4 is 5.32 Å². The predicted molar refractivity (Wildman–Crippen MR) is 59.9 cm³/mol. The molecular formula is C10H21NS. The van der Waals surface area contributed by atoms with Crippen molar-refractivity contribution in [2.75, 3.05) is 19.3 Å². The van der Waals surface area contributed by atoms with Gasteiger partial charge in [-0.1, -0.05) is 19.9 Å². The molecule has 1 N–H and O–H groups in total. The molecule has 0 aromatic heterocycles. The molecule has 0 rings (SSSR count). The highest BCUT2D eigenvalue weighted by atomic mass is 32.2. The summed E-state index contributed by atoms with van der Waals surface area (Å²) in [7, 11) is 0. The fourth-order valence-corrected chi connectivity index (χ4v) is 2.09. The molecule has 0 radical (unpaired) electrons. The molecule has 0 aliphatic heterocycles. The highest BCUT2D eigenvalue weighted by molar-refractivity contribution is 8.00. The Morgan fingerprint density at radius 3 is 2.33 bits per heavy atom. The molecule has 0 fully saturated rings. The normalized spacial score (nSPS) is 11.6. The number of hydrogen-bond donors (Lipinski definition) is 1. The van der Waals surface area contributed by atoms with Crippen molar-refractivity contribution in [3.8, 4) is 0 Å². The van der Waals surface area contributed by atoms with E-state index in [1.54, 1.807) is 0 Å². The second kappa shape index (κ2) is 6.55. The molecule has 0 aromatic rings. The third-order valence-electron chi connectivity index (χ3n) is 2.46. The fraction of sp³-hybridized carbons (Fsp3) is 0.800. The summed E-state index contributed by atoms with van der Waals surface area (Å²) in [4.78, 5) is 0. The van der Waals surface area contributed by atoms with E-state index in [0.717, 1.165) is 13.1 Å². The van der Waals surface area contributed by atoms with Crippen molar-refractivity contribution < 1.29 is 0 Å². The van der Waals surface area contributed by atoms with Crippen molar-refractivity contribution in [3.05, 3.63) is 12.7 Å². The Labute approximate surface area is 81.0 Å². The average molecular weight is 187 g/mol. The van der Waals surface area contributed by atoms with Gasteiger partial charge in [-0.2, -0.15) is 11.8 Å². The molecule has 0 spiro atoms. The first-order chi connectivity index (χ1) is 5.74. The summed E-state index contributed by atoms with van der Waals surface area (Å²) in [6.45, 7) is 10.2. The Kier molecular flexibility index (Phi) is 6.58. The maximum absolute atomic E-state index is 3.69. The lowest BCUT2D eigenvalue weighted by Gasteiger charge is -2.29. The smallest absolute Gasteiger partial charge is 0.0276 e. The van der Waals surface area contributed by atoms with Crippen LogP contribution >= 0.6 is 11.8 Å². The molecule has 72 valence electrons. The second-order valence-electron chi connectivity index (χ2n) is 3.01. The molecule has 0 bridgehead atoms. The van der Waals surface area contributed by atoms with E-state index in [1.807, 2.05) is 17.8 Å². The minimum Gasteiger partial charge on any atom is -0.312 e. The van der Waals surface area contributed by atoms with Gasteiger partial charge in [0.05, 0.1) is 0 Å². The quantitative estimate of drug-likeness (QED) is 0.486. The molecule has 0 unspecified atom stereocenters. The number of hydrogen-bond acceptors (Lipinski definition) is 2. The van der Waals surface area contributed by atoms with E-state index in [-0.39, 0.29) is 0 Å². The zero-order valence-corrected chi connectivity index (χ0v) is 9.34. The van der Waals surface area contributed by atoms with Gasteiger partial charge >= 0.3 is 0 Å². The minimum atomic E-state index is 0.434. The summed E-state index contributed by atoms with van der Waals surface area (Å²) < 4.78 is 0.434. The van der Waals surface area contributed by atoms with Crippen LogP contribution in [0.5, 0.6) is 0 Å². The van der Waals surface area contributed by atoms with Crippen LogP contribution in [0, 0.1) is 0 Å². The molecule has 12 heavy (non-hydrogen) atoms. The van der Waals surface area contributed by atoms with E-state index < -0.39 is 0 Å². The van der Waals surface area contributed by atoms with Crippen molar-refractivity contribution >= 4 is 11.8 Å². The topological polar surface area (TPSA) is 12.0 Å². The van der Waals surface area contributed by atoms with Crippen molar-refractivity contribution in [3.63, 3.8) is 0 Å². The zero-order chi connectivity index (χ0) is 9.45. The van der Waals surface area contributed by atoms with Crippen molar-refractivity contribution in [2.24, 2.45) is 0 Å². The lowest BCUT2D eigenvalue weighted by molar-refractivity contribution is 0.509. The van der Waals surface area contributed by atoms with Crippen LogP contribution in [-0.2, 0) is 0 Å². The fourth-order valence-electron chi connectivity index (χ4n) is 1.26. The van der Waals surface area contributed by atoms with Gasteiger partial charge in [-0.3, -0.25) is 0 Å². The maximum atomic E-state index is 3.69. The van der Waals surface area contributed by atoms with E-state index in [1.165, 1.54) is 12.8 Å². The van der Waals surface area contributed by atoms with Gasteiger partial charge in [-0.25, -0.2) is 0 Å². The molecule has 0 heterocycles. The second-order valence-corrected chi connectivity index (χ2v) is 4.29. The van der Waals surface area contributed by atoms with E-state index in [2.05, 4.69) is 32.0 Å². The van der Waals surface area contributed by atoms with Crippen LogP contribution in [0.2, 0.25) is 0 Å². The van der Waals surface area contributed by atoms with E-state index in [4.69, 9.17) is 0 Å². The van der Waals surface area contributed by atoms with E-state index in [9.17, 15) is 0 Å². The summed E-state index contributed by atoms with van der Waals surface area (Å²) >= 11 is 1.97. The zero-order valence-electron chi connectivity index (χ0n) is 8.52. The van der Waals surface area contributed by atoms with Gasteiger partial charge in [-0.15, -0.1) is 6.58 Å². The summed E-state index contributed by atoms with van der Waals surface area (Å²) in [6, 6.07) is 0. The van der Waals surface area contributed by atoms with Crippen LogP contribution in [0.15, 0.2) is 12.7 Å². The molecule has 0 aliphatic carbocycles. The predicted octanol–water partition coefficient (Wildman–Crippen LogP) is 2.68. The lowest BCUT2D eigenvalue weighted by Crippen LogP contribution is -2.36. The third kappa shape index (κ3) is 3.63. The van der Waals surface area contributed by atoms with Crippen molar-refractivity contribution in [2.45, 2.75) is 31.4 Å². The van der Waals surface area contributed by atoms with Crippen molar-refractivity contribution in [1.29, 1.82) is 0 Å². The Balaban J connectivity index is 3.84. The molecule has 0 amide bonds. The Morgan fingerprint density at radius 1 is 1.42 bits per heavy atom. The Hall–Kier alpha value is 0.0500. The molecule has 1 nitrogen and oxygen atoms in total. The van der Waals surface area contributed by atoms with Crippen molar-refractivity contribution in [1.82, 2.24) is 5.32 Å². The third-order valence-corrected chi connectivity index (χ3v) is 4.05. The van der Waals surface area contributed by atoms with Gasteiger partial charge in [0.1, 0.15) is 0 Å². The van der Waals surface area contributed by atoms with E-state index in [0.29, 0.717) is 4.75 Å². The summed E-state index contributed by atoms with van der Waals surface area (Å²) in [5.41, 5.74) is 0. The lowest BCUT2D eigenvalue weighted by atomic mass is 10.0. The summed E-state index contributed by atoms with van der Waals surface area (Å²) in [5.74, 6) is 0. The Bertz CT molecular complexity index is 111. The maximum Gasteiger partial charge on any atom is 0.0276 e. The van der Waals surface area contributed by atoms with Gasteiger partial charge in [0, 0.05) is 17.8 Å². The summed E-state index contributed by atoms with van der Waals surface area (Å²) in [6.07, 6.45) is 6.57. The number of nitrogens with one attached hydrogen (secondary N) is 1. The highest BCUT2D eigenvalue weighted by Gasteiger charge is 2.23. The average Bonchev–Trinajstić information content (AvgIpc) is 2.14. The first-order valence-corrected chi connectivity index (χ1v) is 5.84. The minimum absolute atomic E-state index is 0.434. The molecule has 0 aliphatic rings. The highest BCUT2D eigenvalue weighted by Crippen LogP contribution is 2.29. The van der Waals surface area contributed by atoms with Gasteiger partial charge in [0.15, 0.2) is 0 Å². The standard InChI is InChI=1S/C10H21NS/c1-5-8-11-9-10(6-2,7-3)12-4/h5,11H,1,6-9H2,2-4H3. The van der Waals surface area contributed by atoms with Gasteiger partial charge < -0.3 is 5.32 Å². The largest absolute Gasteiger partial charge is 0.312 e.